The smallest absolute Gasteiger partial charge is 0.319 e. The fraction of sp³-hybridized carbons (Fsp3) is 0.923. The summed E-state index contributed by atoms with van der Waals surface area (Å²) in [5.41, 5.74) is 0. The molecule has 0 saturated heterocycles. The minimum absolute atomic E-state index is 0.0177. The summed E-state index contributed by atoms with van der Waals surface area (Å²) < 4.78 is 28.8. The van der Waals surface area contributed by atoms with Crippen molar-refractivity contribution >= 4 is 17.7 Å². The number of rotatable bonds is 10. The molecule has 0 fully saturated rings. The van der Waals surface area contributed by atoms with Gasteiger partial charge in [0.25, 0.3) is 0 Å². The lowest BCUT2D eigenvalue weighted by Crippen LogP contribution is -2.26. The van der Waals surface area contributed by atoms with Crippen molar-refractivity contribution < 1.29 is 18.3 Å². The predicted molar refractivity (Wildman–Crippen MR) is 72.2 cm³/mol. The summed E-state index contributed by atoms with van der Waals surface area (Å²) in [6.07, 6.45) is 0.0195. The van der Waals surface area contributed by atoms with E-state index in [9.17, 15) is 13.6 Å². The van der Waals surface area contributed by atoms with E-state index in [1.165, 1.54) is 0 Å². The molecule has 2 nitrogen and oxygen atoms in total. The lowest BCUT2D eigenvalue weighted by Gasteiger charge is -2.18. The highest BCUT2D eigenvalue weighted by atomic mass is 32.2. The van der Waals surface area contributed by atoms with Crippen LogP contribution in [0.1, 0.15) is 46.5 Å². The molecule has 0 heterocycles. The fourth-order valence-corrected chi connectivity index (χ4v) is 2.76. The summed E-state index contributed by atoms with van der Waals surface area (Å²) >= 11 is 1.57. The Hall–Kier alpha value is -0.320. The Morgan fingerprint density at radius 3 is 2.39 bits per heavy atom. The largest absolute Gasteiger partial charge is 0.465 e. The summed E-state index contributed by atoms with van der Waals surface area (Å²) in [6.45, 7) is 6.18. The monoisotopic (exact) mass is 282 g/mol. The Bertz CT molecular complexity index is 223. The molecular formula is C13H24F2O2S. The molecule has 0 bridgehead atoms. The Morgan fingerprint density at radius 1 is 1.22 bits per heavy atom. The van der Waals surface area contributed by atoms with Crippen molar-refractivity contribution in [3.8, 4) is 0 Å². The first kappa shape index (κ1) is 17.7. The normalized spacial score (nSPS) is 13.1. The van der Waals surface area contributed by atoms with Gasteiger partial charge in [0.2, 0.25) is 6.43 Å². The van der Waals surface area contributed by atoms with Crippen LogP contribution in [-0.4, -0.2) is 30.0 Å². The van der Waals surface area contributed by atoms with Gasteiger partial charge in [-0.05, 0) is 31.4 Å². The SMILES string of the molecule is CCOC(=O)C(SCCCCCC(F)F)C(C)C. The zero-order valence-corrected chi connectivity index (χ0v) is 12.3. The second-order valence-corrected chi connectivity index (χ2v) is 5.78. The highest BCUT2D eigenvalue weighted by Gasteiger charge is 2.23. The number of esters is 1. The average molecular weight is 282 g/mol. The number of unbranched alkanes of at least 4 members (excludes halogenated alkanes) is 2. The Morgan fingerprint density at radius 2 is 1.89 bits per heavy atom. The molecule has 0 rings (SSSR count). The number of hydrogen-bond donors (Lipinski definition) is 0. The van der Waals surface area contributed by atoms with Crippen LogP contribution in [0.5, 0.6) is 0 Å². The van der Waals surface area contributed by atoms with E-state index in [2.05, 4.69) is 0 Å². The number of thioether (sulfide) groups is 1. The van der Waals surface area contributed by atoms with E-state index in [1.54, 1.807) is 18.7 Å². The summed E-state index contributed by atoms with van der Waals surface area (Å²) in [4.78, 5) is 11.7. The minimum atomic E-state index is -2.19. The quantitative estimate of drug-likeness (QED) is 0.445. The molecule has 108 valence electrons. The molecule has 0 spiro atoms. The van der Waals surface area contributed by atoms with Crippen LogP contribution in [0.3, 0.4) is 0 Å². The molecule has 0 aliphatic carbocycles. The first-order chi connectivity index (χ1) is 8.49. The third-order valence-corrected chi connectivity index (χ3v) is 4.11. The van der Waals surface area contributed by atoms with E-state index >= 15 is 0 Å². The molecule has 0 radical (unpaired) electrons. The maximum Gasteiger partial charge on any atom is 0.319 e. The lowest BCUT2D eigenvalue weighted by atomic mass is 10.1. The van der Waals surface area contributed by atoms with Crippen LogP contribution in [0.4, 0.5) is 8.78 Å². The maximum absolute atomic E-state index is 11.9. The molecule has 0 aromatic heterocycles. The summed E-state index contributed by atoms with van der Waals surface area (Å²) in [5.74, 6) is 0.894. The van der Waals surface area contributed by atoms with Gasteiger partial charge in [0.1, 0.15) is 5.25 Å². The molecule has 0 aliphatic rings. The predicted octanol–water partition coefficient (Wildman–Crippen LogP) is 4.13. The van der Waals surface area contributed by atoms with E-state index in [-0.39, 0.29) is 23.6 Å². The van der Waals surface area contributed by atoms with E-state index in [0.717, 1.165) is 18.6 Å². The van der Waals surface area contributed by atoms with Crippen LogP contribution in [0.25, 0.3) is 0 Å². The van der Waals surface area contributed by atoms with Gasteiger partial charge < -0.3 is 4.74 Å². The summed E-state index contributed by atoms with van der Waals surface area (Å²) in [6, 6.07) is 0. The van der Waals surface area contributed by atoms with E-state index in [1.807, 2.05) is 13.8 Å². The van der Waals surface area contributed by atoms with Gasteiger partial charge in [-0.25, -0.2) is 8.78 Å². The average Bonchev–Trinajstić information content (AvgIpc) is 2.27. The van der Waals surface area contributed by atoms with Crippen molar-refractivity contribution in [2.75, 3.05) is 12.4 Å². The molecule has 0 aliphatic heterocycles. The summed E-state index contributed by atoms with van der Waals surface area (Å²) in [5, 5.41) is -0.139. The fourth-order valence-electron chi connectivity index (χ4n) is 1.54. The first-order valence-corrected chi connectivity index (χ1v) is 7.60. The second-order valence-electron chi connectivity index (χ2n) is 4.53. The lowest BCUT2D eigenvalue weighted by molar-refractivity contribution is -0.143. The van der Waals surface area contributed by atoms with Gasteiger partial charge in [0, 0.05) is 6.42 Å². The number of carbonyl (C=O) groups is 1. The zero-order chi connectivity index (χ0) is 14.0. The van der Waals surface area contributed by atoms with Crippen molar-refractivity contribution in [3.63, 3.8) is 0 Å². The minimum Gasteiger partial charge on any atom is -0.465 e. The number of carbonyl (C=O) groups excluding carboxylic acids is 1. The van der Waals surface area contributed by atoms with Gasteiger partial charge in [-0.3, -0.25) is 4.79 Å². The van der Waals surface area contributed by atoms with Crippen LogP contribution in [0.2, 0.25) is 0 Å². The molecular weight excluding hydrogens is 258 g/mol. The van der Waals surface area contributed by atoms with Crippen molar-refractivity contribution in [3.05, 3.63) is 0 Å². The van der Waals surface area contributed by atoms with Gasteiger partial charge >= 0.3 is 5.97 Å². The second kappa shape index (κ2) is 10.6. The van der Waals surface area contributed by atoms with Crippen LogP contribution >= 0.6 is 11.8 Å². The molecule has 0 aromatic rings. The molecule has 0 N–H and O–H groups in total. The molecule has 0 saturated carbocycles. The van der Waals surface area contributed by atoms with Crippen molar-refractivity contribution in [1.29, 1.82) is 0 Å². The van der Waals surface area contributed by atoms with Gasteiger partial charge in [0.15, 0.2) is 0 Å². The number of alkyl halides is 2. The third kappa shape index (κ3) is 8.72. The number of hydrogen-bond acceptors (Lipinski definition) is 3. The topological polar surface area (TPSA) is 26.3 Å². The Labute approximate surface area is 113 Å². The van der Waals surface area contributed by atoms with Gasteiger partial charge in [-0.15, -0.1) is 11.8 Å². The van der Waals surface area contributed by atoms with Gasteiger partial charge in [0.05, 0.1) is 6.61 Å². The first-order valence-electron chi connectivity index (χ1n) is 6.55. The Kier molecular flexibility index (Phi) is 10.4. The van der Waals surface area contributed by atoms with E-state index in [4.69, 9.17) is 4.74 Å². The molecule has 1 unspecified atom stereocenters. The molecule has 1 atom stereocenters. The van der Waals surface area contributed by atoms with E-state index < -0.39 is 6.43 Å². The maximum atomic E-state index is 11.9. The van der Waals surface area contributed by atoms with Gasteiger partial charge in [-0.1, -0.05) is 20.3 Å². The zero-order valence-electron chi connectivity index (χ0n) is 11.5. The van der Waals surface area contributed by atoms with Crippen LogP contribution < -0.4 is 0 Å². The molecule has 0 aromatic carbocycles. The Balaban J connectivity index is 3.74. The van der Waals surface area contributed by atoms with Gasteiger partial charge in [-0.2, -0.15) is 0 Å². The third-order valence-electron chi connectivity index (χ3n) is 2.49. The van der Waals surface area contributed by atoms with E-state index in [0.29, 0.717) is 13.0 Å². The van der Waals surface area contributed by atoms with Crippen molar-refractivity contribution in [1.82, 2.24) is 0 Å². The summed E-state index contributed by atoms with van der Waals surface area (Å²) in [7, 11) is 0. The van der Waals surface area contributed by atoms with Crippen LogP contribution in [0, 0.1) is 5.92 Å². The van der Waals surface area contributed by atoms with Crippen molar-refractivity contribution in [2.24, 2.45) is 5.92 Å². The van der Waals surface area contributed by atoms with Crippen LogP contribution in [-0.2, 0) is 9.53 Å². The molecule has 18 heavy (non-hydrogen) atoms. The highest BCUT2D eigenvalue weighted by Crippen LogP contribution is 2.22. The standard InChI is InChI=1S/C13H24F2O2S/c1-4-17-13(16)12(10(2)3)18-9-7-5-6-8-11(14)15/h10-12H,4-9H2,1-3H3. The molecule has 5 heteroatoms. The molecule has 0 amide bonds. The van der Waals surface area contributed by atoms with Crippen molar-refractivity contribution in [2.45, 2.75) is 58.1 Å². The number of halogens is 2. The number of ether oxygens (including phenoxy) is 1. The van der Waals surface area contributed by atoms with Crippen LogP contribution in [0.15, 0.2) is 0 Å². The highest BCUT2D eigenvalue weighted by molar-refractivity contribution is 8.00.